The number of benzene rings is 3. The van der Waals surface area contributed by atoms with Gasteiger partial charge in [-0.2, -0.15) is 0 Å². The van der Waals surface area contributed by atoms with Crippen LogP contribution in [0.5, 0.6) is 0 Å². The molecular weight excluding hydrogens is 833 g/mol. The third-order valence-electron chi connectivity index (χ3n) is 10.8. The van der Waals surface area contributed by atoms with Crippen molar-refractivity contribution in [2.75, 3.05) is 14.2 Å². The summed E-state index contributed by atoms with van der Waals surface area (Å²) in [5.74, 6) is -0.754. The molecule has 0 spiro atoms. The molecule has 2 aliphatic rings. The fraction of sp³-hybridized carbons (Fsp3) is 0.531. The summed E-state index contributed by atoms with van der Waals surface area (Å²) in [4.78, 5) is 71.2. The van der Waals surface area contributed by atoms with E-state index in [9.17, 15) is 24.0 Å². The quantitative estimate of drug-likeness (QED) is 0.110. The maximum absolute atomic E-state index is 13.8. The lowest BCUT2D eigenvalue weighted by molar-refractivity contribution is -0.201. The zero-order valence-electron chi connectivity index (χ0n) is 39.8. The Morgan fingerprint density at radius 3 is 0.938 bits per heavy atom. The Morgan fingerprint density at radius 2 is 0.692 bits per heavy atom. The van der Waals surface area contributed by atoms with Crippen LogP contribution in [0.3, 0.4) is 0 Å². The van der Waals surface area contributed by atoms with Gasteiger partial charge in [0.25, 0.3) is 0 Å². The van der Waals surface area contributed by atoms with Crippen molar-refractivity contribution in [2.24, 2.45) is 0 Å². The summed E-state index contributed by atoms with van der Waals surface area (Å²) in [6.07, 6.45) is -1.66. The molecule has 2 bridgehead atoms. The van der Waals surface area contributed by atoms with Gasteiger partial charge >= 0.3 is 30.2 Å². The van der Waals surface area contributed by atoms with Crippen LogP contribution in [0.2, 0.25) is 0 Å². The number of fused-ring (bicyclic) bond motifs is 2. The fourth-order valence-corrected chi connectivity index (χ4v) is 7.97. The van der Waals surface area contributed by atoms with Crippen LogP contribution < -0.4 is 16.0 Å². The van der Waals surface area contributed by atoms with E-state index in [2.05, 4.69) is 30.7 Å². The Bertz CT molecular complexity index is 1980. The van der Waals surface area contributed by atoms with Gasteiger partial charge in [-0.15, -0.1) is 0 Å². The van der Waals surface area contributed by atoms with Crippen molar-refractivity contribution >= 4 is 30.2 Å². The number of carbonyl (C=O) groups is 5. The highest BCUT2D eigenvalue weighted by Crippen LogP contribution is 2.40. The van der Waals surface area contributed by atoms with Crippen LogP contribution >= 0.6 is 0 Å². The molecule has 354 valence electrons. The fourth-order valence-electron chi connectivity index (χ4n) is 7.97. The number of nitrogens with zero attached hydrogens (tertiary/aromatic N) is 3. The molecule has 16 nitrogen and oxygen atoms in total. The molecule has 3 amide bonds. The van der Waals surface area contributed by atoms with Crippen LogP contribution in [0.4, 0.5) is 14.4 Å². The lowest BCUT2D eigenvalue weighted by Gasteiger charge is -2.59. The van der Waals surface area contributed by atoms with Crippen molar-refractivity contribution in [1.82, 2.24) is 30.7 Å². The van der Waals surface area contributed by atoms with E-state index in [4.69, 9.17) is 23.7 Å². The molecule has 0 saturated carbocycles. The molecule has 0 radical (unpaired) electrons. The highest BCUT2D eigenvalue weighted by Gasteiger charge is 2.53. The first-order chi connectivity index (χ1) is 30.5. The molecule has 65 heavy (non-hydrogen) atoms. The van der Waals surface area contributed by atoms with E-state index in [-0.39, 0.29) is 25.0 Å². The summed E-state index contributed by atoms with van der Waals surface area (Å²) in [6.45, 7) is 18.4. The Balaban J connectivity index is 1.44. The van der Waals surface area contributed by atoms with E-state index in [0.717, 1.165) is 33.4 Å². The second kappa shape index (κ2) is 21.5. The number of hydrogen-bond donors (Lipinski definition) is 3. The lowest BCUT2D eigenvalue weighted by atomic mass is 9.90. The second-order valence-corrected chi connectivity index (χ2v) is 19.5. The predicted molar refractivity (Wildman–Crippen MR) is 244 cm³/mol. The standard InChI is InChI=1S/C49H68N6O10/c1-47(2,3)63-44(58)50-26-32-12-18-35(19-13-32)29-53-38(42(56)61-10)24-41-54(30-36-20-14-33(15-21-36)27-51-45(59)64-48(4,5)6)39(43(57)62-11)25-40(53)55(41)31-37-22-16-34(17-23-37)28-52-46(60)65-49(7,8)9/h12-23,38-41H,24-31H2,1-11H3,(H,50,58)(H,51,59)(H,52,60)/t38-,39?,40-,41-/m1/s1. The largest absolute Gasteiger partial charge is 0.468 e. The van der Waals surface area contributed by atoms with Crippen LogP contribution in [0.25, 0.3) is 0 Å². The van der Waals surface area contributed by atoms with Crippen molar-refractivity contribution in [1.29, 1.82) is 0 Å². The van der Waals surface area contributed by atoms with Crippen molar-refractivity contribution in [3.05, 3.63) is 106 Å². The third-order valence-corrected chi connectivity index (χ3v) is 10.8. The normalized spacial score (nSPS) is 19.4. The molecule has 16 heteroatoms. The van der Waals surface area contributed by atoms with Crippen LogP contribution in [0, 0.1) is 0 Å². The summed E-state index contributed by atoms with van der Waals surface area (Å²) in [6, 6.07) is 22.3. The minimum absolute atomic E-state index is 0.278. The summed E-state index contributed by atoms with van der Waals surface area (Å²) < 4.78 is 27.1. The van der Waals surface area contributed by atoms with E-state index in [0.29, 0.717) is 39.0 Å². The number of methoxy groups -OCH3 is 2. The van der Waals surface area contributed by atoms with E-state index in [1.807, 2.05) is 135 Å². The molecule has 4 atom stereocenters. The average Bonchev–Trinajstić information content (AvgIpc) is 3.22. The zero-order chi connectivity index (χ0) is 47.7. The maximum Gasteiger partial charge on any atom is 0.407 e. The molecule has 5 rings (SSSR count). The Morgan fingerprint density at radius 1 is 0.446 bits per heavy atom. The number of ether oxygens (including phenoxy) is 5. The first-order valence-electron chi connectivity index (χ1n) is 22.1. The number of rotatable bonds is 14. The number of hydrogen-bond acceptors (Lipinski definition) is 13. The molecule has 2 heterocycles. The molecule has 0 aromatic heterocycles. The smallest absolute Gasteiger partial charge is 0.407 e. The summed E-state index contributed by atoms with van der Waals surface area (Å²) in [7, 11) is 2.78. The topological polar surface area (TPSA) is 177 Å². The van der Waals surface area contributed by atoms with Crippen LogP contribution in [0.1, 0.15) is 109 Å². The van der Waals surface area contributed by atoms with Crippen molar-refractivity contribution in [2.45, 2.75) is 156 Å². The number of alkyl carbamates (subject to hydrolysis) is 3. The molecule has 2 saturated heterocycles. The molecule has 2 aliphatic heterocycles. The minimum atomic E-state index is -0.650. The van der Waals surface area contributed by atoms with Gasteiger partial charge in [0.1, 0.15) is 28.9 Å². The zero-order valence-corrected chi connectivity index (χ0v) is 39.8. The second-order valence-electron chi connectivity index (χ2n) is 19.5. The molecule has 2 fully saturated rings. The molecule has 3 aromatic rings. The van der Waals surface area contributed by atoms with Crippen LogP contribution in [-0.4, -0.2) is 100 Å². The summed E-state index contributed by atoms with van der Waals surface area (Å²) in [5.41, 5.74) is 3.65. The van der Waals surface area contributed by atoms with Gasteiger partial charge in [-0.05, 0) is 95.7 Å². The number of carbonyl (C=O) groups excluding carboxylic acids is 5. The van der Waals surface area contributed by atoms with Gasteiger partial charge in [0.05, 0.1) is 26.6 Å². The van der Waals surface area contributed by atoms with Gasteiger partial charge in [-0.3, -0.25) is 24.3 Å². The summed E-state index contributed by atoms with van der Waals surface area (Å²) >= 11 is 0. The van der Waals surface area contributed by atoms with Crippen LogP contribution in [0.15, 0.2) is 72.8 Å². The Hall–Kier alpha value is -5.71. The van der Waals surface area contributed by atoms with E-state index < -0.39 is 59.5 Å². The Labute approximate surface area is 383 Å². The van der Waals surface area contributed by atoms with Crippen molar-refractivity contribution in [3.8, 4) is 0 Å². The van der Waals surface area contributed by atoms with Gasteiger partial charge in [-0.25, -0.2) is 14.4 Å². The number of nitrogens with one attached hydrogen (secondary N) is 3. The van der Waals surface area contributed by atoms with E-state index >= 15 is 0 Å². The molecule has 1 unspecified atom stereocenters. The van der Waals surface area contributed by atoms with Crippen molar-refractivity contribution in [3.63, 3.8) is 0 Å². The monoisotopic (exact) mass is 900 g/mol. The summed E-state index contributed by atoms with van der Waals surface area (Å²) in [5, 5.41) is 8.41. The highest BCUT2D eigenvalue weighted by molar-refractivity contribution is 5.77. The SMILES string of the molecule is COC(=O)C1C[C@@H]2N(Cc3ccc(CNC(=O)OC(C)(C)C)cc3)[C@@H](C(=O)OC)C[C@H](N1Cc1ccc(CNC(=O)OC(C)(C)C)cc1)N2Cc1ccc(CNC(=O)OC(C)(C)C)cc1. The van der Waals surface area contributed by atoms with Crippen molar-refractivity contribution < 1.29 is 47.7 Å². The third kappa shape index (κ3) is 15.2. The Kier molecular flexibility index (Phi) is 16.6. The first-order valence-corrected chi connectivity index (χ1v) is 22.1. The van der Waals surface area contributed by atoms with Gasteiger partial charge in [-0.1, -0.05) is 72.8 Å². The molecule has 0 aliphatic carbocycles. The number of esters is 2. The molecule has 3 aromatic carbocycles. The molecular formula is C49H68N6O10. The number of amides is 3. The average molecular weight is 901 g/mol. The maximum atomic E-state index is 13.8. The first kappa shape index (κ1) is 50.3. The highest BCUT2D eigenvalue weighted by atomic mass is 16.6. The van der Waals surface area contributed by atoms with Gasteiger partial charge in [0.2, 0.25) is 0 Å². The van der Waals surface area contributed by atoms with E-state index in [1.54, 1.807) is 0 Å². The van der Waals surface area contributed by atoms with Gasteiger partial charge < -0.3 is 39.6 Å². The van der Waals surface area contributed by atoms with Gasteiger partial charge in [0.15, 0.2) is 0 Å². The minimum Gasteiger partial charge on any atom is -0.468 e. The predicted octanol–water partition coefficient (Wildman–Crippen LogP) is 7.11. The van der Waals surface area contributed by atoms with E-state index in [1.165, 1.54) is 14.2 Å². The van der Waals surface area contributed by atoms with Crippen LogP contribution in [-0.2, 0) is 72.5 Å². The molecule has 3 N–H and O–H groups in total. The van der Waals surface area contributed by atoms with Gasteiger partial charge in [0, 0.05) is 52.1 Å². The lowest BCUT2D eigenvalue weighted by Crippen LogP contribution is -2.73.